The van der Waals surface area contributed by atoms with E-state index in [2.05, 4.69) is 32.9 Å². The molecule has 3 aromatic rings. The van der Waals surface area contributed by atoms with Crippen molar-refractivity contribution in [3.63, 3.8) is 0 Å². The molecule has 1 heterocycles. The van der Waals surface area contributed by atoms with Gasteiger partial charge in [-0.25, -0.2) is 4.68 Å². The predicted molar refractivity (Wildman–Crippen MR) is 113 cm³/mol. The van der Waals surface area contributed by atoms with Crippen LogP contribution in [0.4, 0.5) is 5.69 Å². The van der Waals surface area contributed by atoms with Gasteiger partial charge in [-0.05, 0) is 55.8 Å². The second kappa shape index (κ2) is 8.39. The molecule has 0 saturated carbocycles. The summed E-state index contributed by atoms with van der Waals surface area (Å²) in [7, 11) is 1.62. The lowest BCUT2D eigenvalue weighted by atomic mass is 10.1. The Morgan fingerprint density at radius 1 is 1.22 bits per heavy atom. The molecule has 0 saturated heterocycles. The molecule has 0 bridgehead atoms. The van der Waals surface area contributed by atoms with Crippen LogP contribution < -0.4 is 10.3 Å². The van der Waals surface area contributed by atoms with Gasteiger partial charge < -0.3 is 4.74 Å². The minimum absolute atomic E-state index is 0.0973. The molecular weight excluding hydrogens is 406 g/mol. The number of hydrogen-bond acceptors (Lipinski definition) is 3. The van der Waals surface area contributed by atoms with Crippen LogP contribution in [0, 0.1) is 0 Å². The van der Waals surface area contributed by atoms with Crippen molar-refractivity contribution in [1.82, 2.24) is 9.78 Å². The highest BCUT2D eigenvalue weighted by molar-refractivity contribution is 9.10. The molecule has 140 valence electrons. The van der Waals surface area contributed by atoms with E-state index in [1.54, 1.807) is 11.8 Å². The monoisotopic (exact) mass is 427 g/mol. The summed E-state index contributed by atoms with van der Waals surface area (Å²) in [6, 6.07) is 15.1. The lowest BCUT2D eigenvalue weighted by Gasteiger charge is -2.03. The molecule has 0 aliphatic rings. The van der Waals surface area contributed by atoms with Crippen LogP contribution in [0.5, 0.6) is 5.75 Å². The van der Waals surface area contributed by atoms with Gasteiger partial charge >= 0.3 is 0 Å². The topological polar surface area (TPSA) is 59.4 Å². The van der Waals surface area contributed by atoms with Gasteiger partial charge in [0.1, 0.15) is 5.75 Å². The number of rotatable bonds is 6. The molecule has 0 aliphatic carbocycles. The molecule has 0 radical (unpaired) electrons. The molecule has 0 amide bonds. The molecule has 1 aromatic heterocycles. The van der Waals surface area contributed by atoms with Gasteiger partial charge in [-0.15, -0.1) is 0 Å². The lowest BCUT2D eigenvalue weighted by Crippen LogP contribution is -2.19. The number of halogens is 1. The molecule has 0 atom stereocenters. The van der Waals surface area contributed by atoms with E-state index in [9.17, 15) is 4.79 Å². The number of hydrogen-bond donors (Lipinski definition) is 1. The number of aliphatic imine (C=N–C) groups is 1. The van der Waals surface area contributed by atoms with Crippen molar-refractivity contribution < 1.29 is 4.74 Å². The number of H-pyrrole nitrogens is 1. The van der Waals surface area contributed by atoms with E-state index in [-0.39, 0.29) is 5.56 Å². The van der Waals surface area contributed by atoms with Gasteiger partial charge in [0.05, 0.1) is 29.8 Å². The number of ether oxygens (including phenoxy) is 1. The normalized spacial score (nSPS) is 11.6. The summed E-state index contributed by atoms with van der Waals surface area (Å²) in [5, 5.41) is 3.26. The summed E-state index contributed by atoms with van der Waals surface area (Å²) < 4.78 is 7.72. The van der Waals surface area contributed by atoms with Gasteiger partial charge in [-0.1, -0.05) is 35.3 Å². The van der Waals surface area contributed by atoms with Crippen molar-refractivity contribution >= 4 is 27.3 Å². The third kappa shape index (κ3) is 4.22. The Labute approximate surface area is 166 Å². The fourth-order valence-corrected chi connectivity index (χ4v) is 3.38. The Morgan fingerprint density at radius 2 is 1.96 bits per heavy atom. The molecule has 0 fully saturated rings. The maximum absolute atomic E-state index is 13.1. The largest absolute Gasteiger partial charge is 0.497 e. The Kier molecular flexibility index (Phi) is 5.96. The van der Waals surface area contributed by atoms with Gasteiger partial charge in [0.25, 0.3) is 5.56 Å². The SMILES string of the molecule is CCCc1[nH]n(-c2ccc(OC)cc2)c(=O)c1C(C)=Nc1cccc(Br)c1. The van der Waals surface area contributed by atoms with Crippen LogP contribution in [0.3, 0.4) is 0 Å². The van der Waals surface area contributed by atoms with Gasteiger partial charge in [0.15, 0.2) is 0 Å². The first-order valence-corrected chi connectivity index (χ1v) is 9.62. The van der Waals surface area contributed by atoms with Gasteiger partial charge in [-0.3, -0.25) is 14.9 Å². The molecule has 0 unspecified atom stereocenters. The zero-order valence-corrected chi connectivity index (χ0v) is 17.2. The molecule has 5 nitrogen and oxygen atoms in total. The van der Waals surface area contributed by atoms with Gasteiger partial charge in [0, 0.05) is 10.2 Å². The zero-order valence-electron chi connectivity index (χ0n) is 15.6. The van der Waals surface area contributed by atoms with E-state index in [1.165, 1.54) is 0 Å². The average Bonchev–Trinajstić information content (AvgIpc) is 2.98. The smallest absolute Gasteiger partial charge is 0.280 e. The van der Waals surface area contributed by atoms with E-state index in [1.807, 2.05) is 55.5 Å². The Hall–Kier alpha value is -2.60. The van der Waals surface area contributed by atoms with Crippen molar-refractivity contribution in [3.05, 3.63) is 74.6 Å². The van der Waals surface area contributed by atoms with Crippen molar-refractivity contribution in [3.8, 4) is 11.4 Å². The summed E-state index contributed by atoms with van der Waals surface area (Å²) >= 11 is 3.46. The lowest BCUT2D eigenvalue weighted by molar-refractivity contribution is 0.414. The fourth-order valence-electron chi connectivity index (χ4n) is 2.99. The Bertz CT molecular complexity index is 1020. The molecule has 3 rings (SSSR count). The first-order valence-electron chi connectivity index (χ1n) is 8.83. The van der Waals surface area contributed by atoms with Crippen molar-refractivity contribution in [2.24, 2.45) is 4.99 Å². The highest BCUT2D eigenvalue weighted by Gasteiger charge is 2.17. The summed E-state index contributed by atoms with van der Waals surface area (Å²) in [4.78, 5) is 17.8. The number of nitrogens with one attached hydrogen (secondary N) is 1. The molecular formula is C21H22BrN3O2. The standard InChI is InChI=1S/C21H22BrN3O2/c1-4-6-19-20(14(2)23-16-8-5-7-15(22)13-16)21(26)25(24-19)17-9-11-18(27-3)12-10-17/h5,7-13,24H,4,6H2,1-3H3. The average molecular weight is 428 g/mol. The first kappa shape index (κ1) is 19.2. The summed E-state index contributed by atoms with van der Waals surface area (Å²) in [6.45, 7) is 3.97. The van der Waals surface area contributed by atoms with Crippen LogP contribution in [0.15, 0.2) is 62.8 Å². The fraction of sp³-hybridized carbons (Fsp3) is 0.238. The van der Waals surface area contributed by atoms with Crippen LogP contribution >= 0.6 is 15.9 Å². The Balaban J connectivity index is 2.08. The highest BCUT2D eigenvalue weighted by Crippen LogP contribution is 2.20. The van der Waals surface area contributed by atoms with E-state index in [0.29, 0.717) is 11.3 Å². The molecule has 27 heavy (non-hydrogen) atoms. The number of aryl methyl sites for hydroxylation is 1. The molecule has 2 aromatic carbocycles. The zero-order chi connectivity index (χ0) is 19.4. The number of nitrogens with zero attached hydrogens (tertiary/aromatic N) is 2. The second-order valence-corrected chi connectivity index (χ2v) is 7.15. The van der Waals surface area contributed by atoms with Crippen LogP contribution in [0.25, 0.3) is 5.69 Å². The van der Waals surface area contributed by atoms with Crippen molar-refractivity contribution in [2.75, 3.05) is 7.11 Å². The van der Waals surface area contributed by atoms with E-state index >= 15 is 0 Å². The number of benzene rings is 2. The second-order valence-electron chi connectivity index (χ2n) is 6.23. The Morgan fingerprint density at radius 3 is 2.59 bits per heavy atom. The van der Waals surface area contributed by atoms with E-state index < -0.39 is 0 Å². The van der Waals surface area contributed by atoms with Crippen LogP contribution in [-0.2, 0) is 6.42 Å². The minimum Gasteiger partial charge on any atom is -0.497 e. The molecule has 0 spiro atoms. The number of methoxy groups -OCH3 is 1. The quantitative estimate of drug-likeness (QED) is 0.560. The predicted octanol–water partition coefficient (Wildman–Crippen LogP) is 5.03. The van der Waals surface area contributed by atoms with Crippen LogP contribution in [0.2, 0.25) is 0 Å². The van der Waals surface area contributed by atoms with E-state index in [4.69, 9.17) is 4.74 Å². The summed E-state index contributed by atoms with van der Waals surface area (Å²) in [5.41, 5.74) is 3.70. The van der Waals surface area contributed by atoms with Crippen molar-refractivity contribution in [2.45, 2.75) is 26.7 Å². The third-order valence-electron chi connectivity index (χ3n) is 4.26. The van der Waals surface area contributed by atoms with Crippen LogP contribution in [0.1, 0.15) is 31.5 Å². The van der Waals surface area contributed by atoms with E-state index in [0.717, 1.165) is 40.1 Å². The van der Waals surface area contributed by atoms with Crippen LogP contribution in [-0.4, -0.2) is 22.6 Å². The minimum atomic E-state index is -0.0973. The number of aromatic nitrogens is 2. The maximum atomic E-state index is 13.1. The summed E-state index contributed by atoms with van der Waals surface area (Å²) in [6.07, 6.45) is 1.71. The third-order valence-corrected chi connectivity index (χ3v) is 4.76. The summed E-state index contributed by atoms with van der Waals surface area (Å²) in [5.74, 6) is 0.750. The molecule has 6 heteroatoms. The first-order chi connectivity index (χ1) is 13.0. The number of aromatic amines is 1. The maximum Gasteiger partial charge on any atom is 0.280 e. The van der Waals surface area contributed by atoms with Crippen molar-refractivity contribution in [1.29, 1.82) is 0 Å². The van der Waals surface area contributed by atoms with Gasteiger partial charge in [0.2, 0.25) is 0 Å². The molecule has 0 aliphatic heterocycles. The molecule has 1 N–H and O–H groups in total. The highest BCUT2D eigenvalue weighted by atomic mass is 79.9. The van der Waals surface area contributed by atoms with Gasteiger partial charge in [-0.2, -0.15) is 0 Å².